The first kappa shape index (κ1) is 18.5. The summed E-state index contributed by atoms with van der Waals surface area (Å²) in [5.74, 6) is 6.79. The molecule has 0 N–H and O–H groups in total. The van der Waals surface area contributed by atoms with Crippen LogP contribution in [0.25, 0.3) is 0 Å². The van der Waals surface area contributed by atoms with Gasteiger partial charge in [-0.15, -0.1) is 18.4 Å². The van der Waals surface area contributed by atoms with Crippen LogP contribution >= 0.6 is 0 Å². The minimum atomic E-state index is -1.07. The van der Waals surface area contributed by atoms with Gasteiger partial charge >= 0.3 is 0 Å². The van der Waals surface area contributed by atoms with Gasteiger partial charge in [-0.2, -0.15) is 0 Å². The average Bonchev–Trinajstić information content (AvgIpc) is 2.34. The molecule has 0 aliphatic carbocycles. The van der Waals surface area contributed by atoms with E-state index in [2.05, 4.69) is 51.1 Å². The minimum absolute atomic E-state index is 0.780. The highest BCUT2D eigenvalue weighted by atomic mass is 28.3. The molecule has 0 aromatic carbocycles. The SMILES string of the molecule is C=CCC(CC#CCCCCCCCC)[Si](C)(C)C. The summed E-state index contributed by atoms with van der Waals surface area (Å²) in [6, 6.07) is 0. The highest BCUT2D eigenvalue weighted by Crippen LogP contribution is 2.28. The van der Waals surface area contributed by atoms with Gasteiger partial charge in [-0.1, -0.05) is 64.7 Å². The van der Waals surface area contributed by atoms with E-state index in [4.69, 9.17) is 0 Å². The van der Waals surface area contributed by atoms with E-state index in [1.54, 1.807) is 0 Å². The molecule has 0 bridgehead atoms. The van der Waals surface area contributed by atoms with Crippen molar-refractivity contribution in [3.63, 3.8) is 0 Å². The monoisotopic (exact) mass is 278 g/mol. The molecule has 0 saturated heterocycles. The molecule has 1 unspecified atom stereocenters. The van der Waals surface area contributed by atoms with Gasteiger partial charge in [-0.05, 0) is 18.4 Å². The van der Waals surface area contributed by atoms with Crippen molar-refractivity contribution in [3.05, 3.63) is 12.7 Å². The van der Waals surface area contributed by atoms with Crippen molar-refractivity contribution in [2.24, 2.45) is 0 Å². The molecular formula is C18H34Si. The van der Waals surface area contributed by atoms with Crippen molar-refractivity contribution in [2.75, 3.05) is 0 Å². The fourth-order valence-corrected chi connectivity index (χ4v) is 3.81. The van der Waals surface area contributed by atoms with Crippen LogP contribution in [0.3, 0.4) is 0 Å². The first-order chi connectivity index (χ1) is 9.02. The van der Waals surface area contributed by atoms with E-state index in [-0.39, 0.29) is 0 Å². The summed E-state index contributed by atoms with van der Waals surface area (Å²) in [5, 5.41) is 0. The zero-order valence-corrected chi connectivity index (χ0v) is 14.7. The summed E-state index contributed by atoms with van der Waals surface area (Å²) < 4.78 is 0. The molecule has 0 spiro atoms. The van der Waals surface area contributed by atoms with Crippen molar-refractivity contribution in [1.29, 1.82) is 0 Å². The van der Waals surface area contributed by atoms with Crippen LogP contribution in [-0.4, -0.2) is 8.07 Å². The van der Waals surface area contributed by atoms with Crippen LogP contribution in [0.1, 0.15) is 64.7 Å². The number of hydrogen-bond acceptors (Lipinski definition) is 0. The van der Waals surface area contributed by atoms with E-state index in [0.717, 1.165) is 24.8 Å². The fourth-order valence-electron chi connectivity index (χ4n) is 2.22. The van der Waals surface area contributed by atoms with Crippen LogP contribution in [0.4, 0.5) is 0 Å². The molecule has 0 amide bonds. The predicted molar refractivity (Wildman–Crippen MR) is 92.3 cm³/mol. The largest absolute Gasteiger partial charge is 0.103 e. The number of hydrogen-bond donors (Lipinski definition) is 0. The average molecular weight is 279 g/mol. The standard InChI is InChI=1S/C18H34Si/c1-6-8-9-10-11-12-13-14-15-17-18(16-7-2)19(3,4)5/h7,18H,2,6,8-13,16-17H2,1,3-5H3. The molecule has 0 fully saturated rings. The van der Waals surface area contributed by atoms with E-state index in [9.17, 15) is 0 Å². The zero-order valence-electron chi connectivity index (χ0n) is 13.7. The molecule has 1 heteroatoms. The molecule has 1 atom stereocenters. The van der Waals surface area contributed by atoms with E-state index >= 15 is 0 Å². The van der Waals surface area contributed by atoms with Crippen molar-refractivity contribution in [2.45, 2.75) is 89.9 Å². The Bertz CT molecular complexity index is 274. The van der Waals surface area contributed by atoms with E-state index in [1.165, 1.54) is 38.5 Å². The van der Waals surface area contributed by atoms with Crippen molar-refractivity contribution >= 4 is 8.07 Å². The zero-order chi connectivity index (χ0) is 14.6. The highest BCUT2D eigenvalue weighted by Gasteiger charge is 2.24. The Hall–Kier alpha value is -0.483. The summed E-state index contributed by atoms with van der Waals surface area (Å²) in [6.07, 6.45) is 13.6. The van der Waals surface area contributed by atoms with E-state index in [0.29, 0.717) is 0 Å². The molecule has 0 aromatic rings. The van der Waals surface area contributed by atoms with Gasteiger partial charge in [-0.3, -0.25) is 0 Å². The van der Waals surface area contributed by atoms with Crippen LogP contribution in [0.5, 0.6) is 0 Å². The lowest BCUT2D eigenvalue weighted by molar-refractivity contribution is 0.613. The maximum absolute atomic E-state index is 3.88. The molecular weight excluding hydrogens is 244 g/mol. The molecule has 110 valence electrons. The normalized spacial score (nSPS) is 12.6. The molecule has 0 nitrogen and oxygen atoms in total. The lowest BCUT2D eigenvalue weighted by Gasteiger charge is -2.26. The molecule has 0 saturated carbocycles. The van der Waals surface area contributed by atoms with Gasteiger partial charge in [0.1, 0.15) is 0 Å². The quantitative estimate of drug-likeness (QED) is 0.187. The molecule has 19 heavy (non-hydrogen) atoms. The minimum Gasteiger partial charge on any atom is -0.103 e. The maximum Gasteiger partial charge on any atom is 0.0487 e. The van der Waals surface area contributed by atoms with Gasteiger partial charge in [0, 0.05) is 20.9 Å². The van der Waals surface area contributed by atoms with Crippen LogP contribution in [-0.2, 0) is 0 Å². The van der Waals surface area contributed by atoms with Gasteiger partial charge in [0.05, 0.1) is 0 Å². The fraction of sp³-hybridized carbons (Fsp3) is 0.778. The second-order valence-electron chi connectivity index (χ2n) is 6.66. The topological polar surface area (TPSA) is 0 Å². The molecule has 0 rings (SSSR count). The third-order valence-corrected chi connectivity index (χ3v) is 6.69. The molecule has 0 heterocycles. The summed E-state index contributed by atoms with van der Waals surface area (Å²) in [5.41, 5.74) is 0.780. The third kappa shape index (κ3) is 11.1. The summed E-state index contributed by atoms with van der Waals surface area (Å²) >= 11 is 0. The smallest absolute Gasteiger partial charge is 0.0487 e. The Balaban J connectivity index is 3.74. The number of rotatable bonds is 10. The summed E-state index contributed by atoms with van der Waals surface area (Å²) in [6.45, 7) is 13.5. The van der Waals surface area contributed by atoms with Gasteiger partial charge < -0.3 is 0 Å². The Labute approximate surface area is 123 Å². The van der Waals surface area contributed by atoms with Crippen LogP contribution < -0.4 is 0 Å². The Kier molecular flexibility index (Phi) is 11.1. The second kappa shape index (κ2) is 11.4. The van der Waals surface area contributed by atoms with Gasteiger partial charge in [0.15, 0.2) is 0 Å². The second-order valence-corrected chi connectivity index (χ2v) is 12.2. The van der Waals surface area contributed by atoms with Crippen molar-refractivity contribution < 1.29 is 0 Å². The van der Waals surface area contributed by atoms with Crippen LogP contribution in [0.15, 0.2) is 12.7 Å². The lowest BCUT2D eigenvalue weighted by atomic mass is 10.1. The van der Waals surface area contributed by atoms with Gasteiger partial charge in [-0.25, -0.2) is 0 Å². The number of unbranched alkanes of at least 4 members (excludes halogenated alkanes) is 6. The highest BCUT2D eigenvalue weighted by molar-refractivity contribution is 6.77. The lowest BCUT2D eigenvalue weighted by Crippen LogP contribution is -2.27. The van der Waals surface area contributed by atoms with Gasteiger partial charge in [0.2, 0.25) is 0 Å². The maximum atomic E-state index is 3.88. The Morgan fingerprint density at radius 2 is 1.63 bits per heavy atom. The van der Waals surface area contributed by atoms with E-state index in [1.807, 2.05) is 0 Å². The van der Waals surface area contributed by atoms with Crippen LogP contribution in [0.2, 0.25) is 25.2 Å². The molecule has 0 aliphatic rings. The molecule has 0 radical (unpaired) electrons. The summed E-state index contributed by atoms with van der Waals surface area (Å²) in [4.78, 5) is 0. The Morgan fingerprint density at radius 1 is 1.00 bits per heavy atom. The first-order valence-electron chi connectivity index (χ1n) is 8.09. The predicted octanol–water partition coefficient (Wildman–Crippen LogP) is 6.42. The molecule has 0 aliphatic heterocycles. The first-order valence-corrected chi connectivity index (χ1v) is 11.7. The molecule has 0 aromatic heterocycles. The Morgan fingerprint density at radius 3 is 2.21 bits per heavy atom. The summed E-state index contributed by atoms with van der Waals surface area (Å²) in [7, 11) is -1.07. The number of allylic oxidation sites excluding steroid dienone is 1. The third-order valence-electron chi connectivity index (χ3n) is 3.80. The van der Waals surface area contributed by atoms with Crippen molar-refractivity contribution in [1.82, 2.24) is 0 Å². The van der Waals surface area contributed by atoms with Crippen LogP contribution in [0, 0.1) is 11.8 Å². The van der Waals surface area contributed by atoms with Gasteiger partial charge in [0.25, 0.3) is 0 Å². The van der Waals surface area contributed by atoms with E-state index < -0.39 is 8.07 Å². The van der Waals surface area contributed by atoms with Crippen molar-refractivity contribution in [3.8, 4) is 11.8 Å².